The summed E-state index contributed by atoms with van der Waals surface area (Å²) in [7, 11) is 0. The molecule has 1 aromatic heterocycles. The van der Waals surface area contributed by atoms with E-state index in [1.807, 2.05) is 26.8 Å². The Morgan fingerprint density at radius 1 is 1.12 bits per heavy atom. The smallest absolute Gasteiger partial charge is 0.453 e. The van der Waals surface area contributed by atoms with Gasteiger partial charge in [-0.25, -0.2) is 4.79 Å². The molecule has 1 N–H and O–H groups in total. The van der Waals surface area contributed by atoms with E-state index < -0.39 is 23.2 Å². The molecule has 212 valence electrons. The number of fused-ring (bicyclic) bond motifs is 4. The van der Waals surface area contributed by atoms with Crippen LogP contribution in [-0.2, 0) is 24.1 Å². The molecule has 0 bridgehead atoms. The third kappa shape index (κ3) is 4.12. The van der Waals surface area contributed by atoms with Gasteiger partial charge in [0.15, 0.2) is 5.69 Å². The summed E-state index contributed by atoms with van der Waals surface area (Å²) < 4.78 is 8.08. The molecular formula is C33H41N3O4. The van der Waals surface area contributed by atoms with Crippen molar-refractivity contribution in [3.8, 4) is 11.3 Å². The molecule has 4 aliphatic rings. The number of hydrogen-bond acceptors (Lipinski definition) is 4. The van der Waals surface area contributed by atoms with E-state index in [1.54, 1.807) is 0 Å². The van der Waals surface area contributed by atoms with Crippen molar-refractivity contribution < 1.29 is 19.4 Å². The SMILES string of the molecule is CC(C)(C)OC(=O)N[N@+]12C=CCc3c(C4CCCCC4)ccc(c31)-c1c(C(=O)[O-])c3c(n1CC2(C)C)CCC=C3. The van der Waals surface area contributed by atoms with Crippen LogP contribution in [0.5, 0.6) is 0 Å². The molecule has 1 amide bonds. The quantitative estimate of drug-likeness (QED) is 0.472. The van der Waals surface area contributed by atoms with E-state index in [0.717, 1.165) is 54.6 Å². The molecule has 6 rings (SSSR count). The van der Waals surface area contributed by atoms with Gasteiger partial charge in [0, 0.05) is 28.8 Å². The molecule has 1 atom stereocenters. The van der Waals surface area contributed by atoms with Gasteiger partial charge in [0.25, 0.3) is 0 Å². The summed E-state index contributed by atoms with van der Waals surface area (Å²) in [5, 5.41) is 12.8. The van der Waals surface area contributed by atoms with Crippen LogP contribution in [0.2, 0.25) is 0 Å². The van der Waals surface area contributed by atoms with Crippen molar-refractivity contribution in [3.05, 3.63) is 58.4 Å². The molecule has 0 radical (unpaired) electrons. The van der Waals surface area contributed by atoms with E-state index >= 15 is 0 Å². The van der Waals surface area contributed by atoms with E-state index in [1.165, 1.54) is 30.4 Å². The molecule has 0 unspecified atom stereocenters. The highest BCUT2D eigenvalue weighted by molar-refractivity contribution is 6.02. The number of rotatable bonds is 3. The zero-order valence-electron chi connectivity index (χ0n) is 24.4. The molecule has 0 spiro atoms. The Morgan fingerprint density at radius 2 is 1.88 bits per heavy atom. The van der Waals surface area contributed by atoms with Crippen molar-refractivity contribution in [1.29, 1.82) is 0 Å². The molecular weight excluding hydrogens is 502 g/mol. The molecule has 1 fully saturated rings. The van der Waals surface area contributed by atoms with Crippen LogP contribution in [0.25, 0.3) is 17.3 Å². The van der Waals surface area contributed by atoms with Gasteiger partial charge >= 0.3 is 6.09 Å². The van der Waals surface area contributed by atoms with E-state index in [4.69, 9.17) is 4.74 Å². The number of aromatic carboxylic acids is 1. The second kappa shape index (κ2) is 9.37. The Balaban J connectivity index is 1.67. The highest BCUT2D eigenvalue weighted by atomic mass is 16.6. The first kappa shape index (κ1) is 26.9. The topological polar surface area (TPSA) is 83.4 Å². The van der Waals surface area contributed by atoms with Gasteiger partial charge in [-0.2, -0.15) is 10.0 Å². The van der Waals surface area contributed by atoms with Crippen molar-refractivity contribution >= 4 is 23.8 Å². The summed E-state index contributed by atoms with van der Waals surface area (Å²) in [6, 6.07) is 4.34. The zero-order valence-corrected chi connectivity index (χ0v) is 24.4. The van der Waals surface area contributed by atoms with Crippen LogP contribution in [-0.4, -0.2) is 27.8 Å². The summed E-state index contributed by atoms with van der Waals surface area (Å²) in [6.45, 7) is 10.4. The van der Waals surface area contributed by atoms with Crippen molar-refractivity contribution in [1.82, 2.24) is 14.6 Å². The fraction of sp³-hybridized carbons (Fsp3) is 0.515. The van der Waals surface area contributed by atoms with Gasteiger partial charge in [-0.15, -0.1) is 0 Å². The average Bonchev–Trinajstić information content (AvgIpc) is 3.17. The predicted molar refractivity (Wildman–Crippen MR) is 155 cm³/mol. The molecule has 2 aliphatic heterocycles. The van der Waals surface area contributed by atoms with Crippen LogP contribution < -0.4 is 15.1 Å². The second-order valence-electron chi connectivity index (χ2n) is 13.5. The highest BCUT2D eigenvalue weighted by Crippen LogP contribution is 2.53. The number of ether oxygens (including phenoxy) is 1. The number of aromatic nitrogens is 1. The average molecular weight is 544 g/mol. The zero-order chi connectivity index (χ0) is 28.4. The van der Waals surface area contributed by atoms with E-state index in [9.17, 15) is 14.7 Å². The number of carbonyl (C=O) groups excluding carboxylic acids is 2. The summed E-state index contributed by atoms with van der Waals surface area (Å²) in [6.07, 6.45) is 16.1. The van der Waals surface area contributed by atoms with Crippen molar-refractivity contribution in [3.63, 3.8) is 0 Å². The van der Waals surface area contributed by atoms with Crippen LogP contribution in [0.1, 0.15) is 112 Å². The number of carboxylic acids is 1. The molecule has 1 saturated carbocycles. The third-order valence-electron chi connectivity index (χ3n) is 9.24. The predicted octanol–water partition coefficient (Wildman–Crippen LogP) is 6.13. The maximum atomic E-state index is 13.5. The number of hydrogen-bond donors (Lipinski definition) is 1. The van der Waals surface area contributed by atoms with Gasteiger partial charge in [0.05, 0.1) is 23.8 Å². The van der Waals surface area contributed by atoms with Crippen LogP contribution >= 0.6 is 0 Å². The Kier molecular flexibility index (Phi) is 6.30. The number of allylic oxidation sites excluding steroid dienone is 2. The standard InChI is InChI=1S/C33H41N3O4/c1-32(2,3)40-31(39)34-36-19-11-15-23-22(21-12-7-6-8-13-21)17-18-25(29(23)36)28-27(30(37)38)24-14-9-10-16-26(24)35(28)20-33(36,4)5/h9,11,14,17-19,21H,6-8,10,12-13,15-16,20H2,1-5H3,(H-,34,37,38,39)/t36-/m1/s1. The lowest BCUT2D eigenvalue weighted by atomic mass is 9.79. The van der Waals surface area contributed by atoms with Gasteiger partial charge in [0.1, 0.15) is 17.3 Å². The first-order chi connectivity index (χ1) is 18.9. The minimum Gasteiger partial charge on any atom is -0.545 e. The molecule has 1 aromatic carbocycles. The molecule has 0 saturated heterocycles. The van der Waals surface area contributed by atoms with Crippen LogP contribution in [0, 0.1) is 0 Å². The van der Waals surface area contributed by atoms with Crippen molar-refractivity contribution in [2.45, 2.75) is 110 Å². The number of amides is 1. The molecule has 3 heterocycles. The normalized spacial score (nSPS) is 23.0. The second-order valence-corrected chi connectivity index (χ2v) is 13.5. The summed E-state index contributed by atoms with van der Waals surface area (Å²) >= 11 is 0. The first-order valence-electron chi connectivity index (χ1n) is 14.8. The van der Waals surface area contributed by atoms with Gasteiger partial charge in [-0.1, -0.05) is 37.5 Å². The van der Waals surface area contributed by atoms with Gasteiger partial charge in [0.2, 0.25) is 0 Å². The summed E-state index contributed by atoms with van der Waals surface area (Å²) in [5.74, 6) is -0.704. The van der Waals surface area contributed by atoms with Crippen LogP contribution in [0.15, 0.2) is 30.5 Å². The third-order valence-corrected chi connectivity index (χ3v) is 9.24. The number of benzene rings is 1. The summed E-state index contributed by atoms with van der Waals surface area (Å²) in [5.41, 5.74) is 9.12. The Labute approximate surface area is 237 Å². The van der Waals surface area contributed by atoms with E-state index in [2.05, 4.69) is 54.3 Å². The number of quaternary nitrogens is 1. The maximum Gasteiger partial charge on any atom is 0.453 e. The highest BCUT2D eigenvalue weighted by Gasteiger charge is 2.55. The van der Waals surface area contributed by atoms with E-state index in [0.29, 0.717) is 18.2 Å². The Bertz CT molecular complexity index is 1450. The molecule has 7 nitrogen and oxygen atoms in total. The van der Waals surface area contributed by atoms with Gasteiger partial charge in [-0.3, -0.25) is 0 Å². The Morgan fingerprint density at radius 3 is 2.58 bits per heavy atom. The lowest BCUT2D eigenvalue weighted by Gasteiger charge is -2.47. The number of nitrogens with zero attached hydrogens (tertiary/aromatic N) is 2. The Hall–Kier alpha value is -3.32. The summed E-state index contributed by atoms with van der Waals surface area (Å²) in [4.78, 5) is 26.3. The minimum absolute atomic E-state index is 0.0614. The fourth-order valence-corrected chi connectivity index (χ4v) is 7.57. The number of carboxylic acid groups (broad SMARTS) is 1. The molecule has 40 heavy (non-hydrogen) atoms. The minimum atomic E-state index is -1.16. The van der Waals surface area contributed by atoms with Gasteiger partial charge in [-0.05, 0) is 83.9 Å². The van der Waals surface area contributed by atoms with Crippen molar-refractivity contribution in [2.24, 2.45) is 0 Å². The lowest BCUT2D eigenvalue weighted by Crippen LogP contribution is -2.70. The lowest BCUT2D eigenvalue weighted by molar-refractivity contribution is -0.254. The molecule has 7 heteroatoms. The first-order valence-corrected chi connectivity index (χ1v) is 14.8. The number of carbonyl (C=O) groups is 2. The van der Waals surface area contributed by atoms with Crippen LogP contribution in [0.3, 0.4) is 0 Å². The van der Waals surface area contributed by atoms with E-state index in [-0.39, 0.29) is 10.2 Å². The molecule has 2 aromatic rings. The fourth-order valence-electron chi connectivity index (χ4n) is 7.57. The molecule has 2 aliphatic carbocycles. The monoisotopic (exact) mass is 543 g/mol. The number of nitrogens with one attached hydrogen (secondary N) is 1. The largest absolute Gasteiger partial charge is 0.545 e. The van der Waals surface area contributed by atoms with Crippen LogP contribution in [0.4, 0.5) is 10.5 Å². The van der Waals surface area contributed by atoms with Crippen molar-refractivity contribution in [2.75, 3.05) is 0 Å². The maximum absolute atomic E-state index is 13.5. The van der Waals surface area contributed by atoms with Gasteiger partial charge < -0.3 is 19.2 Å².